The first kappa shape index (κ1) is 18.4. The van der Waals surface area contributed by atoms with Crippen molar-refractivity contribution in [3.05, 3.63) is 101 Å². The largest absolute Gasteiger partial charge is 0.487 e. The lowest BCUT2D eigenvalue weighted by Crippen LogP contribution is -2.55. The van der Waals surface area contributed by atoms with Crippen LogP contribution in [0.2, 0.25) is 0 Å². The van der Waals surface area contributed by atoms with Crippen molar-refractivity contribution in [2.75, 3.05) is 13.1 Å². The molecule has 29 heavy (non-hydrogen) atoms. The Bertz CT molecular complexity index is 943. The number of hydrogen-bond donors (Lipinski definition) is 0. The fourth-order valence-electron chi connectivity index (χ4n) is 4.78. The zero-order valence-corrected chi connectivity index (χ0v) is 16.7. The fraction of sp³-hybridized carbons (Fsp3) is 0.308. The summed E-state index contributed by atoms with van der Waals surface area (Å²) in [5.74, 6) is 0.988. The van der Waals surface area contributed by atoms with Crippen molar-refractivity contribution in [1.29, 1.82) is 0 Å². The second-order valence-electron chi connectivity index (χ2n) is 8.33. The molecule has 3 heteroatoms. The molecule has 0 aromatic heterocycles. The van der Waals surface area contributed by atoms with Crippen LogP contribution in [0.5, 0.6) is 5.75 Å². The minimum absolute atomic E-state index is 0.103. The zero-order valence-electron chi connectivity index (χ0n) is 16.7. The van der Waals surface area contributed by atoms with Gasteiger partial charge >= 0.3 is 0 Å². The third-order valence-electron chi connectivity index (χ3n) is 6.33. The Morgan fingerprint density at radius 2 is 1.55 bits per heavy atom. The Labute approximate surface area is 171 Å². The SMILES string of the molecule is CC1CCc2c(OC3CN(C(c4ccccc4)c4ccccc4)C3)cc(F)cc21. The minimum Gasteiger partial charge on any atom is -0.487 e. The average molecular weight is 387 g/mol. The van der Waals surface area contributed by atoms with Crippen LogP contribution < -0.4 is 4.74 Å². The van der Waals surface area contributed by atoms with Crippen molar-refractivity contribution in [2.45, 2.75) is 37.8 Å². The van der Waals surface area contributed by atoms with Crippen LogP contribution in [0.4, 0.5) is 4.39 Å². The molecule has 5 rings (SSSR count). The lowest BCUT2D eigenvalue weighted by atomic mass is 9.94. The quantitative estimate of drug-likeness (QED) is 0.554. The van der Waals surface area contributed by atoms with Crippen LogP contribution in [0.25, 0.3) is 0 Å². The second kappa shape index (κ2) is 7.64. The highest BCUT2D eigenvalue weighted by atomic mass is 19.1. The van der Waals surface area contributed by atoms with Crippen LogP contribution in [-0.2, 0) is 6.42 Å². The standard InChI is InChI=1S/C26H26FNO/c1-18-12-13-23-24(18)14-21(27)15-25(23)29-22-16-28(17-22)26(19-8-4-2-5-9-19)20-10-6-3-7-11-20/h2-11,14-15,18,22,26H,12-13,16-17H2,1H3. The molecule has 0 amide bonds. The highest BCUT2D eigenvalue weighted by molar-refractivity contribution is 5.46. The molecule has 2 aliphatic rings. The van der Waals surface area contributed by atoms with E-state index in [1.807, 2.05) is 0 Å². The van der Waals surface area contributed by atoms with Crippen LogP contribution in [0.3, 0.4) is 0 Å². The lowest BCUT2D eigenvalue weighted by molar-refractivity contribution is -0.000311. The number of benzene rings is 3. The van der Waals surface area contributed by atoms with Gasteiger partial charge in [-0.05, 0) is 47.1 Å². The lowest BCUT2D eigenvalue weighted by Gasteiger charge is -2.44. The molecule has 0 radical (unpaired) electrons. The van der Waals surface area contributed by atoms with E-state index in [0.29, 0.717) is 5.92 Å². The molecule has 1 aliphatic heterocycles. The van der Waals surface area contributed by atoms with Crippen molar-refractivity contribution in [3.8, 4) is 5.75 Å². The van der Waals surface area contributed by atoms with E-state index in [0.717, 1.165) is 37.2 Å². The molecular weight excluding hydrogens is 361 g/mol. The third-order valence-corrected chi connectivity index (χ3v) is 6.33. The van der Waals surface area contributed by atoms with Gasteiger partial charge in [0.2, 0.25) is 0 Å². The number of likely N-dealkylation sites (tertiary alicyclic amines) is 1. The Balaban J connectivity index is 1.34. The topological polar surface area (TPSA) is 12.5 Å². The Morgan fingerprint density at radius 3 is 2.17 bits per heavy atom. The molecule has 1 saturated heterocycles. The van der Waals surface area contributed by atoms with Crippen molar-refractivity contribution >= 4 is 0 Å². The molecule has 1 heterocycles. The molecule has 1 unspecified atom stereocenters. The molecule has 1 fully saturated rings. The number of halogens is 1. The van der Waals surface area contributed by atoms with Gasteiger partial charge in [0.15, 0.2) is 0 Å². The van der Waals surface area contributed by atoms with Gasteiger partial charge in [0, 0.05) is 19.2 Å². The number of fused-ring (bicyclic) bond motifs is 1. The number of nitrogens with zero attached hydrogens (tertiary/aromatic N) is 1. The summed E-state index contributed by atoms with van der Waals surface area (Å²) in [6, 6.07) is 24.7. The monoisotopic (exact) mass is 387 g/mol. The van der Waals surface area contributed by atoms with E-state index in [1.54, 1.807) is 12.1 Å². The summed E-state index contributed by atoms with van der Waals surface area (Å²) in [6.07, 6.45) is 2.17. The maximum atomic E-state index is 14.1. The van der Waals surface area contributed by atoms with Gasteiger partial charge in [-0.3, -0.25) is 4.90 Å². The summed E-state index contributed by atoms with van der Waals surface area (Å²) in [7, 11) is 0. The van der Waals surface area contributed by atoms with Gasteiger partial charge in [-0.15, -0.1) is 0 Å². The molecule has 2 nitrogen and oxygen atoms in total. The van der Waals surface area contributed by atoms with E-state index in [2.05, 4.69) is 72.5 Å². The third kappa shape index (κ3) is 3.56. The molecule has 0 spiro atoms. The Hall–Kier alpha value is -2.65. The van der Waals surface area contributed by atoms with Crippen molar-refractivity contribution in [1.82, 2.24) is 4.90 Å². The van der Waals surface area contributed by atoms with Crippen LogP contribution in [0, 0.1) is 5.82 Å². The van der Waals surface area contributed by atoms with E-state index in [-0.39, 0.29) is 18.0 Å². The van der Waals surface area contributed by atoms with Crippen LogP contribution in [0.1, 0.15) is 47.6 Å². The van der Waals surface area contributed by atoms with Gasteiger partial charge in [0.05, 0.1) is 6.04 Å². The van der Waals surface area contributed by atoms with Gasteiger partial charge in [-0.1, -0.05) is 67.6 Å². The van der Waals surface area contributed by atoms with Gasteiger partial charge < -0.3 is 4.74 Å². The molecule has 0 bridgehead atoms. The van der Waals surface area contributed by atoms with E-state index in [4.69, 9.17) is 4.74 Å². The minimum atomic E-state index is -0.185. The summed E-state index contributed by atoms with van der Waals surface area (Å²) in [6.45, 7) is 3.86. The second-order valence-corrected chi connectivity index (χ2v) is 8.33. The first-order valence-corrected chi connectivity index (χ1v) is 10.5. The summed E-state index contributed by atoms with van der Waals surface area (Å²) in [5.41, 5.74) is 4.91. The highest BCUT2D eigenvalue weighted by Gasteiger charge is 2.36. The molecule has 0 saturated carbocycles. The van der Waals surface area contributed by atoms with E-state index in [9.17, 15) is 4.39 Å². The van der Waals surface area contributed by atoms with Crippen molar-refractivity contribution in [3.63, 3.8) is 0 Å². The fourth-order valence-corrected chi connectivity index (χ4v) is 4.78. The van der Waals surface area contributed by atoms with Crippen molar-refractivity contribution < 1.29 is 9.13 Å². The normalized spacial score (nSPS) is 19.2. The first-order valence-electron chi connectivity index (χ1n) is 10.5. The van der Waals surface area contributed by atoms with Gasteiger partial charge in [0.1, 0.15) is 17.7 Å². The Kier molecular flexibility index (Phi) is 4.84. The highest BCUT2D eigenvalue weighted by Crippen LogP contribution is 2.40. The van der Waals surface area contributed by atoms with Crippen LogP contribution in [0.15, 0.2) is 72.8 Å². The molecule has 3 aromatic carbocycles. The van der Waals surface area contributed by atoms with E-state index < -0.39 is 0 Å². The van der Waals surface area contributed by atoms with E-state index in [1.165, 1.54) is 16.7 Å². The molecule has 3 aromatic rings. The number of hydrogen-bond acceptors (Lipinski definition) is 2. The molecule has 148 valence electrons. The summed E-state index contributed by atoms with van der Waals surface area (Å²) in [4.78, 5) is 2.44. The molecular formula is C26H26FNO. The maximum Gasteiger partial charge on any atom is 0.127 e. The van der Waals surface area contributed by atoms with Crippen LogP contribution >= 0.6 is 0 Å². The zero-order chi connectivity index (χ0) is 19.8. The maximum absolute atomic E-state index is 14.1. The van der Waals surface area contributed by atoms with E-state index >= 15 is 0 Å². The number of ether oxygens (including phenoxy) is 1. The predicted molar refractivity (Wildman–Crippen MR) is 114 cm³/mol. The average Bonchev–Trinajstić information content (AvgIpc) is 3.08. The predicted octanol–water partition coefficient (Wildman–Crippen LogP) is 5.73. The summed E-state index contributed by atoms with van der Waals surface area (Å²) < 4.78 is 20.4. The summed E-state index contributed by atoms with van der Waals surface area (Å²) >= 11 is 0. The molecule has 1 atom stereocenters. The van der Waals surface area contributed by atoms with Crippen LogP contribution in [-0.4, -0.2) is 24.1 Å². The smallest absolute Gasteiger partial charge is 0.127 e. The molecule has 1 aliphatic carbocycles. The van der Waals surface area contributed by atoms with Gasteiger partial charge in [-0.2, -0.15) is 0 Å². The van der Waals surface area contributed by atoms with Gasteiger partial charge in [0.25, 0.3) is 0 Å². The first-order chi connectivity index (χ1) is 14.2. The summed E-state index contributed by atoms with van der Waals surface area (Å²) in [5, 5.41) is 0. The Morgan fingerprint density at radius 1 is 0.931 bits per heavy atom. The van der Waals surface area contributed by atoms with Gasteiger partial charge in [-0.25, -0.2) is 4.39 Å². The number of rotatable bonds is 5. The molecule has 0 N–H and O–H groups in total. The van der Waals surface area contributed by atoms with Crippen molar-refractivity contribution in [2.24, 2.45) is 0 Å².